The van der Waals surface area contributed by atoms with Crippen molar-refractivity contribution in [1.82, 2.24) is 5.32 Å². The van der Waals surface area contributed by atoms with Crippen molar-refractivity contribution in [1.29, 1.82) is 0 Å². The molecule has 0 aliphatic rings. The number of Topliss-reactive ketones (excluding diaryl/α,β-unsaturated/α-hetero) is 1. The predicted octanol–water partition coefficient (Wildman–Crippen LogP) is -0.519. The normalized spacial score (nSPS) is 13.6. The van der Waals surface area contributed by atoms with Gasteiger partial charge in [0.1, 0.15) is 6.04 Å². The van der Waals surface area contributed by atoms with Crippen molar-refractivity contribution in [3.63, 3.8) is 0 Å². The van der Waals surface area contributed by atoms with Crippen LogP contribution in [0.5, 0.6) is 0 Å². The van der Waals surface area contributed by atoms with Crippen LogP contribution in [0.15, 0.2) is 11.8 Å². The molecule has 1 atom stereocenters. The zero-order valence-electron chi connectivity index (χ0n) is 7.70. The van der Waals surface area contributed by atoms with Crippen LogP contribution in [-0.4, -0.2) is 29.4 Å². The molecular weight excluding hydrogens is 172 g/mol. The van der Waals surface area contributed by atoms with E-state index in [9.17, 15) is 9.59 Å². The van der Waals surface area contributed by atoms with E-state index in [1.54, 1.807) is 13.0 Å². The Hall–Kier alpha value is -1.36. The van der Waals surface area contributed by atoms with Crippen LogP contribution in [-0.2, 0) is 9.59 Å². The first-order valence-electron chi connectivity index (χ1n) is 3.88. The fraction of sp³-hybridized carbons (Fsp3) is 0.500. The van der Waals surface area contributed by atoms with Crippen molar-refractivity contribution in [2.75, 3.05) is 6.54 Å². The lowest BCUT2D eigenvalue weighted by atomic mass is 10.2. The Morgan fingerprint density at radius 1 is 1.62 bits per heavy atom. The minimum atomic E-state index is -1.09. The van der Waals surface area contributed by atoms with Crippen molar-refractivity contribution in [3.8, 4) is 0 Å². The maximum Gasteiger partial charge on any atom is 0.322 e. The zero-order valence-corrected chi connectivity index (χ0v) is 7.70. The molecule has 0 aromatic rings. The lowest BCUT2D eigenvalue weighted by Crippen LogP contribution is -2.40. The second-order valence-corrected chi connectivity index (χ2v) is 2.58. The minimum Gasteiger partial charge on any atom is -0.480 e. The fourth-order valence-corrected chi connectivity index (χ4v) is 0.737. The lowest BCUT2D eigenvalue weighted by molar-refractivity contribution is -0.138. The molecule has 0 spiro atoms. The summed E-state index contributed by atoms with van der Waals surface area (Å²) in [6.07, 6.45) is 1.58. The number of rotatable bonds is 5. The van der Waals surface area contributed by atoms with E-state index < -0.39 is 12.0 Å². The van der Waals surface area contributed by atoms with Gasteiger partial charge in [-0.15, -0.1) is 0 Å². The number of allylic oxidation sites excluding steroid dienone is 2. The highest BCUT2D eigenvalue weighted by molar-refractivity contribution is 5.92. The van der Waals surface area contributed by atoms with E-state index in [1.807, 2.05) is 0 Å². The number of aliphatic carboxylic acids is 1. The van der Waals surface area contributed by atoms with Gasteiger partial charge in [-0.1, -0.05) is 6.08 Å². The molecule has 0 saturated heterocycles. The molecule has 1 unspecified atom stereocenters. The molecule has 0 aromatic carbocycles. The maximum absolute atomic E-state index is 10.8. The van der Waals surface area contributed by atoms with Crippen LogP contribution in [0.4, 0.5) is 0 Å². The van der Waals surface area contributed by atoms with Crippen LogP contribution in [0, 0.1) is 0 Å². The van der Waals surface area contributed by atoms with Gasteiger partial charge in [0.2, 0.25) is 0 Å². The van der Waals surface area contributed by atoms with E-state index in [1.165, 1.54) is 6.92 Å². The quantitative estimate of drug-likeness (QED) is 0.502. The number of ketones is 1. The van der Waals surface area contributed by atoms with Gasteiger partial charge in [-0.25, -0.2) is 0 Å². The smallest absolute Gasteiger partial charge is 0.322 e. The second kappa shape index (κ2) is 5.31. The molecule has 0 heterocycles. The van der Waals surface area contributed by atoms with Gasteiger partial charge in [0.15, 0.2) is 5.78 Å². The van der Waals surface area contributed by atoms with Gasteiger partial charge < -0.3 is 16.2 Å². The van der Waals surface area contributed by atoms with Gasteiger partial charge in [0, 0.05) is 13.5 Å². The highest BCUT2D eigenvalue weighted by Gasteiger charge is 2.11. The molecule has 0 aliphatic carbocycles. The number of hydrogen-bond donors (Lipinski definition) is 3. The second-order valence-electron chi connectivity index (χ2n) is 2.58. The molecule has 0 radical (unpaired) electrons. The zero-order chi connectivity index (χ0) is 10.4. The van der Waals surface area contributed by atoms with Crippen LogP contribution < -0.4 is 11.1 Å². The van der Waals surface area contributed by atoms with Crippen LogP contribution in [0.1, 0.15) is 13.8 Å². The van der Waals surface area contributed by atoms with Crippen molar-refractivity contribution in [2.24, 2.45) is 5.73 Å². The number of nitrogens with one attached hydrogen (secondary N) is 1. The van der Waals surface area contributed by atoms with E-state index >= 15 is 0 Å². The van der Waals surface area contributed by atoms with E-state index in [-0.39, 0.29) is 12.3 Å². The summed E-state index contributed by atoms with van der Waals surface area (Å²) in [5, 5.41) is 11.1. The summed E-state index contributed by atoms with van der Waals surface area (Å²) in [6.45, 7) is 3.14. The van der Waals surface area contributed by atoms with Crippen molar-refractivity contribution < 1.29 is 14.7 Å². The van der Waals surface area contributed by atoms with Gasteiger partial charge in [-0.05, 0) is 6.92 Å². The average Bonchev–Trinajstić information content (AvgIpc) is 2.04. The van der Waals surface area contributed by atoms with E-state index in [0.717, 1.165) is 0 Å². The Bertz CT molecular complexity index is 236. The van der Waals surface area contributed by atoms with E-state index in [4.69, 9.17) is 10.8 Å². The van der Waals surface area contributed by atoms with Crippen LogP contribution in [0.3, 0.4) is 0 Å². The Morgan fingerprint density at radius 2 is 2.15 bits per heavy atom. The topological polar surface area (TPSA) is 92.4 Å². The number of carboxylic acid groups (broad SMARTS) is 1. The molecule has 13 heavy (non-hydrogen) atoms. The number of carbonyl (C=O) groups is 2. The van der Waals surface area contributed by atoms with Gasteiger partial charge in [-0.3, -0.25) is 9.59 Å². The highest BCUT2D eigenvalue weighted by atomic mass is 16.4. The van der Waals surface area contributed by atoms with Gasteiger partial charge in [-0.2, -0.15) is 0 Å². The van der Waals surface area contributed by atoms with Gasteiger partial charge in [0.25, 0.3) is 0 Å². The monoisotopic (exact) mass is 186 g/mol. The van der Waals surface area contributed by atoms with Crippen LogP contribution >= 0.6 is 0 Å². The summed E-state index contributed by atoms with van der Waals surface area (Å²) < 4.78 is 0. The highest BCUT2D eigenvalue weighted by Crippen LogP contribution is 1.90. The summed E-state index contributed by atoms with van der Waals surface area (Å²) in [4.78, 5) is 21.1. The first-order valence-corrected chi connectivity index (χ1v) is 3.88. The predicted molar refractivity (Wildman–Crippen MR) is 48.1 cm³/mol. The Morgan fingerprint density at radius 3 is 2.46 bits per heavy atom. The minimum absolute atomic E-state index is 0.0502. The van der Waals surface area contributed by atoms with E-state index in [0.29, 0.717) is 5.70 Å². The Kier molecular flexibility index (Phi) is 4.76. The summed E-state index contributed by atoms with van der Waals surface area (Å²) >= 11 is 0. The summed E-state index contributed by atoms with van der Waals surface area (Å²) in [5.74, 6) is -1.23. The molecule has 0 aromatic heterocycles. The molecule has 0 bridgehead atoms. The molecular formula is C8H14N2O3. The first-order chi connectivity index (χ1) is 5.99. The molecule has 5 nitrogen and oxygen atoms in total. The molecule has 4 N–H and O–H groups in total. The SMILES string of the molecule is CC=C(NCC(N)C(=O)O)C(C)=O. The first kappa shape index (κ1) is 11.6. The Balaban J connectivity index is 4.01. The molecule has 0 saturated carbocycles. The van der Waals surface area contributed by atoms with Crippen molar-refractivity contribution in [3.05, 3.63) is 11.8 Å². The standard InChI is InChI=1S/C8H14N2O3/c1-3-7(5(2)11)10-4-6(9)8(12)13/h3,6,10H,4,9H2,1-2H3,(H,12,13). The molecule has 5 heteroatoms. The third-order valence-corrected chi connectivity index (χ3v) is 1.50. The van der Waals surface area contributed by atoms with Gasteiger partial charge >= 0.3 is 5.97 Å². The number of nitrogens with two attached hydrogens (primary N) is 1. The molecule has 0 fully saturated rings. The lowest BCUT2D eigenvalue weighted by Gasteiger charge is -2.10. The Labute approximate surface area is 76.6 Å². The summed E-state index contributed by atoms with van der Waals surface area (Å²) in [7, 11) is 0. The van der Waals surface area contributed by atoms with E-state index in [2.05, 4.69) is 5.32 Å². The number of carbonyl (C=O) groups excluding carboxylic acids is 1. The summed E-state index contributed by atoms with van der Waals surface area (Å²) in [5.41, 5.74) is 5.60. The summed E-state index contributed by atoms with van der Waals surface area (Å²) in [6, 6.07) is -0.991. The maximum atomic E-state index is 10.8. The molecule has 0 aliphatic heterocycles. The number of hydrogen-bond acceptors (Lipinski definition) is 4. The van der Waals surface area contributed by atoms with Crippen LogP contribution in [0.2, 0.25) is 0 Å². The third kappa shape index (κ3) is 4.27. The largest absolute Gasteiger partial charge is 0.480 e. The fourth-order valence-electron chi connectivity index (χ4n) is 0.737. The molecule has 74 valence electrons. The third-order valence-electron chi connectivity index (χ3n) is 1.50. The van der Waals surface area contributed by atoms with Crippen molar-refractivity contribution in [2.45, 2.75) is 19.9 Å². The van der Waals surface area contributed by atoms with Crippen molar-refractivity contribution >= 4 is 11.8 Å². The average molecular weight is 186 g/mol. The van der Waals surface area contributed by atoms with Crippen LogP contribution in [0.25, 0.3) is 0 Å². The molecule has 0 rings (SSSR count). The molecule has 0 amide bonds. The van der Waals surface area contributed by atoms with Gasteiger partial charge in [0.05, 0.1) is 5.70 Å². The number of carboxylic acids is 1.